The number of anilines is 1. The van der Waals surface area contributed by atoms with E-state index < -0.39 is 0 Å². The highest BCUT2D eigenvalue weighted by atomic mass is 79.9. The number of nitrogens with zero attached hydrogens (tertiary/aromatic N) is 2. The second-order valence-corrected chi connectivity index (χ2v) is 8.69. The van der Waals surface area contributed by atoms with Crippen LogP contribution >= 0.6 is 15.9 Å². The van der Waals surface area contributed by atoms with Crippen molar-refractivity contribution in [1.82, 2.24) is 9.80 Å². The lowest BCUT2D eigenvalue weighted by atomic mass is 9.93. The fraction of sp³-hybridized carbons (Fsp3) is 0.417. The van der Waals surface area contributed by atoms with Gasteiger partial charge in [-0.1, -0.05) is 60.0 Å². The van der Waals surface area contributed by atoms with Crippen molar-refractivity contribution in [3.63, 3.8) is 0 Å². The van der Waals surface area contributed by atoms with Crippen LogP contribution in [0.25, 0.3) is 0 Å². The summed E-state index contributed by atoms with van der Waals surface area (Å²) in [5, 5.41) is 2.93. The van der Waals surface area contributed by atoms with E-state index in [-0.39, 0.29) is 24.5 Å². The first kappa shape index (κ1) is 22.3. The van der Waals surface area contributed by atoms with Crippen LogP contribution in [0, 0.1) is 0 Å². The lowest BCUT2D eigenvalue weighted by Crippen LogP contribution is -2.47. The van der Waals surface area contributed by atoms with Gasteiger partial charge in [0.25, 0.3) is 0 Å². The van der Waals surface area contributed by atoms with Crippen molar-refractivity contribution in [2.45, 2.75) is 45.6 Å². The molecule has 1 atom stereocenters. The molecule has 0 bridgehead atoms. The van der Waals surface area contributed by atoms with Gasteiger partial charge >= 0.3 is 6.03 Å². The summed E-state index contributed by atoms with van der Waals surface area (Å²) in [5.74, 6) is -0.000502. The van der Waals surface area contributed by atoms with Gasteiger partial charge in [0.15, 0.2) is 0 Å². The van der Waals surface area contributed by atoms with E-state index in [4.69, 9.17) is 0 Å². The molecule has 0 spiro atoms. The van der Waals surface area contributed by atoms with Gasteiger partial charge in [-0.2, -0.15) is 0 Å². The maximum absolute atomic E-state index is 13.2. The molecule has 2 aromatic rings. The molecule has 0 aromatic heterocycles. The smallest absolute Gasteiger partial charge is 0.322 e. The van der Waals surface area contributed by atoms with Crippen molar-refractivity contribution >= 4 is 33.6 Å². The second kappa shape index (κ2) is 10.6. The van der Waals surface area contributed by atoms with Gasteiger partial charge in [0.1, 0.15) is 6.54 Å². The van der Waals surface area contributed by atoms with Crippen molar-refractivity contribution in [3.05, 3.63) is 64.1 Å². The highest BCUT2D eigenvalue weighted by molar-refractivity contribution is 9.10. The fourth-order valence-corrected chi connectivity index (χ4v) is 4.17. The number of rotatable bonds is 7. The molecular formula is C24H30BrN3O2. The third kappa shape index (κ3) is 5.63. The molecule has 160 valence electrons. The van der Waals surface area contributed by atoms with E-state index >= 15 is 0 Å². The van der Waals surface area contributed by atoms with Crippen molar-refractivity contribution in [2.24, 2.45) is 0 Å². The number of hydrogen-bond donors (Lipinski definition) is 1. The van der Waals surface area contributed by atoms with Crippen LogP contribution in [0.4, 0.5) is 10.5 Å². The van der Waals surface area contributed by atoms with Gasteiger partial charge in [0.2, 0.25) is 5.91 Å². The number of amides is 3. The molecule has 0 saturated heterocycles. The van der Waals surface area contributed by atoms with Crippen molar-refractivity contribution in [3.8, 4) is 0 Å². The molecule has 30 heavy (non-hydrogen) atoms. The Bertz CT molecular complexity index is 869. The highest BCUT2D eigenvalue weighted by Crippen LogP contribution is 2.29. The summed E-state index contributed by atoms with van der Waals surface area (Å²) in [7, 11) is 0. The van der Waals surface area contributed by atoms with Gasteiger partial charge in [0, 0.05) is 23.2 Å². The average molecular weight is 472 g/mol. The van der Waals surface area contributed by atoms with Crippen LogP contribution in [0.15, 0.2) is 53.0 Å². The summed E-state index contributed by atoms with van der Waals surface area (Å²) in [6.45, 7) is 5.55. The first-order chi connectivity index (χ1) is 14.5. The number of halogens is 1. The van der Waals surface area contributed by atoms with Gasteiger partial charge in [-0.25, -0.2) is 4.79 Å². The Kier molecular flexibility index (Phi) is 7.91. The van der Waals surface area contributed by atoms with Gasteiger partial charge < -0.3 is 15.1 Å². The topological polar surface area (TPSA) is 52.7 Å². The zero-order chi connectivity index (χ0) is 21.5. The number of carbonyl (C=O) groups is 2. The molecule has 2 aromatic carbocycles. The Balaban J connectivity index is 1.68. The molecule has 0 saturated carbocycles. The second-order valence-electron chi connectivity index (χ2n) is 7.78. The summed E-state index contributed by atoms with van der Waals surface area (Å²) >= 11 is 3.40. The molecule has 6 heteroatoms. The average Bonchev–Trinajstić information content (AvgIpc) is 2.75. The van der Waals surface area contributed by atoms with Crippen LogP contribution in [0.3, 0.4) is 0 Å². The van der Waals surface area contributed by atoms with Gasteiger partial charge in [-0.3, -0.25) is 4.79 Å². The van der Waals surface area contributed by atoms with E-state index in [0.717, 1.165) is 35.8 Å². The number of urea groups is 1. The monoisotopic (exact) mass is 471 g/mol. The Labute approximate surface area is 187 Å². The Morgan fingerprint density at radius 1 is 1.13 bits per heavy atom. The number of fused-ring (bicyclic) bond motifs is 1. The standard InChI is InChI=1S/C24H30BrN3O2/c1-3-4-7-15-27(24(30)26-21-12-10-20(25)11-13-21)17-23(29)28-16-14-19-8-5-6-9-22(19)18(28)2/h5-6,8-13,18H,3-4,7,14-17H2,1-2H3,(H,26,30). The first-order valence-electron chi connectivity index (χ1n) is 10.7. The maximum Gasteiger partial charge on any atom is 0.322 e. The normalized spacial score (nSPS) is 15.4. The highest BCUT2D eigenvalue weighted by Gasteiger charge is 2.29. The minimum Gasteiger partial charge on any atom is -0.334 e. The van der Waals surface area contributed by atoms with E-state index in [0.29, 0.717) is 13.1 Å². The van der Waals surface area contributed by atoms with Gasteiger partial charge in [0.05, 0.1) is 6.04 Å². The van der Waals surface area contributed by atoms with Crippen molar-refractivity contribution < 1.29 is 9.59 Å². The van der Waals surface area contributed by atoms with Crippen LogP contribution in [0.5, 0.6) is 0 Å². The minimum atomic E-state index is -0.230. The molecule has 1 aliphatic rings. The number of carbonyl (C=O) groups excluding carboxylic acids is 2. The van der Waals surface area contributed by atoms with E-state index in [2.05, 4.69) is 47.2 Å². The van der Waals surface area contributed by atoms with E-state index in [9.17, 15) is 9.59 Å². The van der Waals surface area contributed by atoms with Crippen LogP contribution in [-0.2, 0) is 11.2 Å². The van der Waals surface area contributed by atoms with Crippen LogP contribution in [0.1, 0.15) is 50.3 Å². The molecule has 1 aliphatic heterocycles. The lowest BCUT2D eigenvalue weighted by molar-refractivity contribution is -0.134. The minimum absolute atomic E-state index is 0.000502. The summed E-state index contributed by atoms with van der Waals surface area (Å²) in [4.78, 5) is 29.6. The molecule has 0 fully saturated rings. The number of hydrogen-bond acceptors (Lipinski definition) is 2. The lowest BCUT2D eigenvalue weighted by Gasteiger charge is -2.36. The molecule has 1 N–H and O–H groups in total. The molecule has 5 nitrogen and oxygen atoms in total. The molecule has 0 aliphatic carbocycles. The number of benzene rings is 2. The van der Waals surface area contributed by atoms with Crippen molar-refractivity contribution in [2.75, 3.05) is 25.0 Å². The number of nitrogens with one attached hydrogen (secondary N) is 1. The third-order valence-corrected chi connectivity index (χ3v) is 6.18. The summed E-state index contributed by atoms with van der Waals surface area (Å²) in [5.41, 5.74) is 3.23. The maximum atomic E-state index is 13.2. The Morgan fingerprint density at radius 3 is 2.60 bits per heavy atom. The number of unbranched alkanes of at least 4 members (excludes halogenated alkanes) is 2. The molecule has 3 rings (SSSR count). The van der Waals surface area contributed by atoms with Crippen LogP contribution in [0.2, 0.25) is 0 Å². The van der Waals surface area contributed by atoms with Crippen LogP contribution in [-0.4, -0.2) is 41.4 Å². The summed E-state index contributed by atoms with van der Waals surface area (Å²) in [6.07, 6.45) is 3.84. The predicted octanol–water partition coefficient (Wildman–Crippen LogP) is 5.62. The third-order valence-electron chi connectivity index (χ3n) is 5.66. The van der Waals surface area contributed by atoms with Gasteiger partial charge in [-0.05, 0) is 55.2 Å². The van der Waals surface area contributed by atoms with Crippen molar-refractivity contribution in [1.29, 1.82) is 0 Å². The molecule has 1 heterocycles. The van der Waals surface area contributed by atoms with E-state index in [1.54, 1.807) is 4.90 Å². The molecule has 1 unspecified atom stereocenters. The Morgan fingerprint density at radius 2 is 1.87 bits per heavy atom. The predicted molar refractivity (Wildman–Crippen MR) is 125 cm³/mol. The van der Waals surface area contributed by atoms with E-state index in [1.807, 2.05) is 41.3 Å². The zero-order valence-electron chi connectivity index (χ0n) is 17.7. The largest absolute Gasteiger partial charge is 0.334 e. The zero-order valence-corrected chi connectivity index (χ0v) is 19.3. The Hall–Kier alpha value is -2.34. The SMILES string of the molecule is CCCCCN(CC(=O)N1CCc2ccccc2C1C)C(=O)Nc1ccc(Br)cc1. The molecule has 3 amide bonds. The molecule has 0 radical (unpaired) electrons. The summed E-state index contributed by atoms with van der Waals surface area (Å²) in [6, 6.07) is 15.5. The summed E-state index contributed by atoms with van der Waals surface area (Å²) < 4.78 is 0.954. The quantitative estimate of drug-likeness (QED) is 0.532. The van der Waals surface area contributed by atoms with Gasteiger partial charge in [-0.15, -0.1) is 0 Å². The van der Waals surface area contributed by atoms with E-state index in [1.165, 1.54) is 11.1 Å². The first-order valence-corrected chi connectivity index (χ1v) is 11.5. The molecular weight excluding hydrogens is 442 g/mol. The fourth-order valence-electron chi connectivity index (χ4n) is 3.91. The van der Waals surface area contributed by atoms with Crippen LogP contribution < -0.4 is 5.32 Å².